The van der Waals surface area contributed by atoms with Crippen LogP contribution in [0.5, 0.6) is 5.75 Å². The zero-order valence-electron chi connectivity index (χ0n) is 20.9. The first-order valence-corrected chi connectivity index (χ1v) is 12.6. The lowest BCUT2D eigenvalue weighted by Gasteiger charge is -2.24. The molecule has 1 atom stereocenters. The Kier molecular flexibility index (Phi) is 8.79. The van der Waals surface area contributed by atoms with Crippen molar-refractivity contribution in [1.82, 2.24) is 0 Å². The van der Waals surface area contributed by atoms with Gasteiger partial charge in [-0.05, 0) is 81.1 Å². The molecule has 0 fully saturated rings. The molecule has 37 heavy (non-hydrogen) atoms. The zero-order chi connectivity index (χ0) is 27.4. The summed E-state index contributed by atoms with van der Waals surface area (Å²) in [6.45, 7) is 6.94. The Balaban J connectivity index is 1.60. The minimum absolute atomic E-state index is 0.0766. The summed E-state index contributed by atoms with van der Waals surface area (Å²) in [5, 5.41) is 0. The van der Waals surface area contributed by atoms with Crippen LogP contribution in [0.15, 0.2) is 54.6 Å². The van der Waals surface area contributed by atoms with Crippen LogP contribution in [0.25, 0.3) is 10.4 Å². The van der Waals surface area contributed by atoms with E-state index in [1.165, 1.54) is 35.6 Å². The molecule has 2 aromatic carbocycles. The number of thiophene rings is 1. The van der Waals surface area contributed by atoms with Gasteiger partial charge < -0.3 is 9.47 Å². The van der Waals surface area contributed by atoms with E-state index in [0.717, 1.165) is 12.1 Å². The SMILES string of the molecule is CCC(Oc1ccc(CCC(=O)c2ccc(-c3ccc(C(F)(F)F)cc3)s2)cc1F)C(=O)OC(C)(C)C. The Morgan fingerprint density at radius 3 is 2.22 bits per heavy atom. The lowest BCUT2D eigenvalue weighted by Crippen LogP contribution is -2.35. The van der Waals surface area contributed by atoms with E-state index in [0.29, 0.717) is 27.3 Å². The second kappa shape index (κ2) is 11.5. The molecular formula is C28H28F4O4S. The predicted molar refractivity (Wildman–Crippen MR) is 134 cm³/mol. The van der Waals surface area contributed by atoms with E-state index in [2.05, 4.69) is 0 Å². The van der Waals surface area contributed by atoms with Gasteiger partial charge in [-0.25, -0.2) is 9.18 Å². The highest BCUT2D eigenvalue weighted by molar-refractivity contribution is 7.17. The average Bonchev–Trinajstić information content (AvgIpc) is 3.31. The fourth-order valence-corrected chi connectivity index (χ4v) is 4.44. The maximum absolute atomic E-state index is 14.7. The molecule has 0 bridgehead atoms. The number of hydrogen-bond acceptors (Lipinski definition) is 5. The smallest absolute Gasteiger partial charge is 0.416 e. The highest BCUT2D eigenvalue weighted by atomic mass is 32.1. The summed E-state index contributed by atoms with van der Waals surface area (Å²) in [6, 6.07) is 12.4. The number of benzene rings is 2. The molecule has 0 aliphatic rings. The quantitative estimate of drug-likeness (QED) is 0.159. The van der Waals surface area contributed by atoms with Crippen LogP contribution in [0.2, 0.25) is 0 Å². The standard InChI is InChI=1S/C28H28F4O4S/c1-5-22(26(34)36-27(2,3)4)35-23-13-7-17(16-20(23)29)6-12-21(33)25-15-14-24(37-25)18-8-10-19(11-9-18)28(30,31)32/h7-11,13-16,22H,5-6,12H2,1-4H3. The van der Waals surface area contributed by atoms with Crippen LogP contribution in [0.1, 0.15) is 61.3 Å². The number of Topliss-reactive ketones (excluding diaryl/α,β-unsaturated/α-hetero) is 1. The molecule has 0 saturated heterocycles. The number of halogens is 4. The lowest BCUT2D eigenvalue weighted by molar-refractivity contribution is -0.163. The molecule has 0 aliphatic carbocycles. The van der Waals surface area contributed by atoms with Gasteiger partial charge in [0, 0.05) is 11.3 Å². The Morgan fingerprint density at radius 2 is 1.65 bits per heavy atom. The number of rotatable bonds is 9. The van der Waals surface area contributed by atoms with Crippen LogP contribution in [-0.4, -0.2) is 23.5 Å². The highest BCUT2D eigenvalue weighted by Gasteiger charge is 2.30. The van der Waals surface area contributed by atoms with E-state index >= 15 is 0 Å². The number of alkyl halides is 3. The maximum atomic E-state index is 14.7. The Bertz CT molecular complexity index is 1240. The van der Waals surface area contributed by atoms with E-state index in [-0.39, 0.29) is 24.4 Å². The fourth-order valence-electron chi connectivity index (χ4n) is 3.46. The van der Waals surface area contributed by atoms with Gasteiger partial charge in [0.1, 0.15) is 5.60 Å². The minimum Gasteiger partial charge on any atom is -0.476 e. The van der Waals surface area contributed by atoms with E-state index in [9.17, 15) is 27.2 Å². The first-order chi connectivity index (χ1) is 17.3. The first-order valence-electron chi connectivity index (χ1n) is 11.8. The normalized spacial score (nSPS) is 12.8. The number of ether oxygens (including phenoxy) is 2. The monoisotopic (exact) mass is 536 g/mol. The fraction of sp³-hybridized carbons (Fsp3) is 0.357. The first kappa shape index (κ1) is 28.4. The van der Waals surface area contributed by atoms with Crippen LogP contribution in [0, 0.1) is 5.82 Å². The molecule has 198 valence electrons. The zero-order valence-corrected chi connectivity index (χ0v) is 21.8. The summed E-state index contributed by atoms with van der Waals surface area (Å²) in [6.07, 6.45) is -4.64. The van der Waals surface area contributed by atoms with Gasteiger partial charge in [-0.3, -0.25) is 4.79 Å². The number of esters is 1. The Morgan fingerprint density at radius 1 is 0.973 bits per heavy atom. The number of carbonyl (C=O) groups excluding carboxylic acids is 2. The topological polar surface area (TPSA) is 52.6 Å². The van der Waals surface area contributed by atoms with Crippen molar-refractivity contribution in [2.75, 3.05) is 0 Å². The van der Waals surface area contributed by atoms with Gasteiger partial charge in [0.25, 0.3) is 0 Å². The Hall–Kier alpha value is -3.20. The second-order valence-electron chi connectivity index (χ2n) is 9.48. The molecule has 9 heteroatoms. The van der Waals surface area contributed by atoms with Gasteiger partial charge in [-0.15, -0.1) is 11.3 Å². The molecule has 0 saturated carbocycles. The summed E-state index contributed by atoms with van der Waals surface area (Å²) in [7, 11) is 0. The van der Waals surface area contributed by atoms with E-state index in [1.54, 1.807) is 45.9 Å². The second-order valence-corrected chi connectivity index (χ2v) is 10.6. The van der Waals surface area contributed by atoms with Gasteiger partial charge >= 0.3 is 12.1 Å². The largest absolute Gasteiger partial charge is 0.476 e. The van der Waals surface area contributed by atoms with Gasteiger partial charge in [0.2, 0.25) is 0 Å². The van der Waals surface area contributed by atoms with Crippen molar-refractivity contribution in [1.29, 1.82) is 0 Å². The summed E-state index contributed by atoms with van der Waals surface area (Å²) in [5.74, 6) is -1.45. The Labute approximate surface area is 217 Å². The summed E-state index contributed by atoms with van der Waals surface area (Å²) < 4.78 is 63.8. The number of aryl methyl sites for hydroxylation is 1. The molecule has 1 aromatic heterocycles. The van der Waals surface area contributed by atoms with Gasteiger partial charge in [0.15, 0.2) is 23.5 Å². The van der Waals surface area contributed by atoms with Crippen molar-refractivity contribution in [3.63, 3.8) is 0 Å². The molecule has 1 heterocycles. The predicted octanol–water partition coefficient (Wildman–Crippen LogP) is 7.89. The highest BCUT2D eigenvalue weighted by Crippen LogP contribution is 2.33. The van der Waals surface area contributed by atoms with E-state index < -0.39 is 35.2 Å². The van der Waals surface area contributed by atoms with Crippen LogP contribution < -0.4 is 4.74 Å². The molecule has 0 amide bonds. The number of hydrogen-bond donors (Lipinski definition) is 0. The third kappa shape index (κ3) is 7.89. The van der Waals surface area contributed by atoms with Crippen molar-refractivity contribution in [3.05, 3.63) is 76.4 Å². The van der Waals surface area contributed by atoms with Crippen LogP contribution in [0.4, 0.5) is 17.6 Å². The van der Waals surface area contributed by atoms with Crippen molar-refractivity contribution < 1.29 is 36.6 Å². The average molecular weight is 537 g/mol. The van der Waals surface area contributed by atoms with Crippen LogP contribution in [0.3, 0.4) is 0 Å². The number of ketones is 1. The molecule has 4 nitrogen and oxygen atoms in total. The van der Waals surface area contributed by atoms with Gasteiger partial charge in [-0.2, -0.15) is 13.2 Å². The van der Waals surface area contributed by atoms with Crippen molar-refractivity contribution in [3.8, 4) is 16.2 Å². The van der Waals surface area contributed by atoms with Crippen molar-refractivity contribution in [2.24, 2.45) is 0 Å². The van der Waals surface area contributed by atoms with E-state index in [4.69, 9.17) is 9.47 Å². The van der Waals surface area contributed by atoms with E-state index in [1.807, 2.05) is 0 Å². The van der Waals surface area contributed by atoms with Crippen LogP contribution in [-0.2, 0) is 22.1 Å². The lowest BCUT2D eigenvalue weighted by atomic mass is 10.1. The molecule has 3 rings (SSSR count). The third-order valence-corrected chi connectivity index (χ3v) is 6.50. The molecular weight excluding hydrogens is 508 g/mol. The van der Waals surface area contributed by atoms with Crippen LogP contribution >= 0.6 is 11.3 Å². The molecule has 3 aromatic rings. The summed E-state index contributed by atoms with van der Waals surface area (Å²) in [4.78, 5) is 26.1. The maximum Gasteiger partial charge on any atom is 0.416 e. The third-order valence-electron chi connectivity index (χ3n) is 5.32. The summed E-state index contributed by atoms with van der Waals surface area (Å²) >= 11 is 1.20. The molecule has 0 radical (unpaired) electrons. The molecule has 1 unspecified atom stereocenters. The van der Waals surface area contributed by atoms with Crippen molar-refractivity contribution in [2.45, 2.75) is 64.8 Å². The molecule has 0 spiro atoms. The molecule has 0 aliphatic heterocycles. The summed E-state index contributed by atoms with van der Waals surface area (Å²) in [5.41, 5.74) is -0.249. The van der Waals surface area contributed by atoms with Gasteiger partial charge in [0.05, 0.1) is 10.4 Å². The molecule has 0 N–H and O–H groups in total. The number of carbonyl (C=O) groups is 2. The minimum atomic E-state index is -4.41. The van der Waals surface area contributed by atoms with Gasteiger partial charge in [-0.1, -0.05) is 25.1 Å². The van der Waals surface area contributed by atoms with Crippen molar-refractivity contribution >= 4 is 23.1 Å².